The van der Waals surface area contributed by atoms with E-state index < -0.39 is 0 Å². The molecule has 0 spiro atoms. The lowest BCUT2D eigenvalue weighted by molar-refractivity contribution is 0.0859. The number of rotatable bonds is 4. The molecule has 1 fully saturated rings. The lowest BCUT2D eigenvalue weighted by atomic mass is 10.0. The molecule has 4 nitrogen and oxygen atoms in total. The van der Waals surface area contributed by atoms with Crippen LogP contribution < -0.4 is 5.32 Å². The van der Waals surface area contributed by atoms with Crippen molar-refractivity contribution in [3.8, 4) is 11.3 Å². The van der Waals surface area contributed by atoms with Crippen molar-refractivity contribution in [2.24, 2.45) is 7.05 Å². The average molecular weight is 334 g/mol. The topological polar surface area (TPSA) is 43.3 Å². The Hall–Kier alpha value is -2.59. The molecule has 2 heterocycles. The van der Waals surface area contributed by atoms with Crippen molar-refractivity contribution in [1.29, 1.82) is 0 Å². The predicted octanol–water partition coefficient (Wildman–Crippen LogP) is 3.75. The molecule has 1 aliphatic rings. The van der Waals surface area contributed by atoms with E-state index in [2.05, 4.69) is 16.0 Å². The monoisotopic (exact) mass is 334 g/mol. The maximum absolute atomic E-state index is 13.0. The van der Waals surface area contributed by atoms with Gasteiger partial charge in [0.2, 0.25) is 0 Å². The summed E-state index contributed by atoms with van der Waals surface area (Å²) in [4.78, 5) is 13.0. The zero-order valence-corrected chi connectivity index (χ0v) is 14.4. The van der Waals surface area contributed by atoms with Gasteiger partial charge in [-0.25, -0.2) is 0 Å². The van der Waals surface area contributed by atoms with E-state index in [0.29, 0.717) is 6.54 Å². The minimum atomic E-state index is -0.0360. The minimum Gasteiger partial charge on any atom is -0.376 e. The molecule has 1 amide bonds. The zero-order chi connectivity index (χ0) is 17.2. The maximum atomic E-state index is 13.0. The molecule has 0 unspecified atom stereocenters. The van der Waals surface area contributed by atoms with Crippen molar-refractivity contribution in [1.82, 2.24) is 9.88 Å². The van der Waals surface area contributed by atoms with Crippen LogP contribution in [0, 0.1) is 0 Å². The SMILES string of the molecule is Cn1c(-c2ccccc2)c(C(=O)NC[C@@H]2CCCO2)c2ccccc21. The van der Waals surface area contributed by atoms with E-state index in [1.54, 1.807) is 0 Å². The first-order valence-corrected chi connectivity index (χ1v) is 8.78. The number of hydrogen-bond donors (Lipinski definition) is 1. The second-order valence-corrected chi connectivity index (χ2v) is 6.51. The largest absolute Gasteiger partial charge is 0.376 e. The molecular weight excluding hydrogens is 312 g/mol. The molecule has 2 aromatic carbocycles. The van der Waals surface area contributed by atoms with E-state index in [1.165, 1.54) is 0 Å². The molecule has 128 valence electrons. The van der Waals surface area contributed by atoms with Crippen molar-refractivity contribution in [3.63, 3.8) is 0 Å². The summed E-state index contributed by atoms with van der Waals surface area (Å²) in [5.41, 5.74) is 3.79. The number of ether oxygens (including phenoxy) is 1. The smallest absolute Gasteiger partial charge is 0.254 e. The van der Waals surface area contributed by atoms with Gasteiger partial charge in [0.1, 0.15) is 0 Å². The number of carbonyl (C=O) groups excluding carboxylic acids is 1. The third kappa shape index (κ3) is 2.94. The predicted molar refractivity (Wildman–Crippen MR) is 99.7 cm³/mol. The Kier molecular flexibility index (Phi) is 4.28. The van der Waals surface area contributed by atoms with Crippen LogP contribution in [0.2, 0.25) is 0 Å². The normalized spacial score (nSPS) is 17.1. The average Bonchev–Trinajstić information content (AvgIpc) is 3.27. The minimum absolute atomic E-state index is 0.0360. The zero-order valence-electron chi connectivity index (χ0n) is 14.4. The Labute approximate surface area is 147 Å². The Balaban J connectivity index is 1.76. The van der Waals surface area contributed by atoms with Crippen LogP contribution in [0.15, 0.2) is 54.6 Å². The Morgan fingerprint density at radius 1 is 1.16 bits per heavy atom. The number of para-hydroxylation sites is 1. The van der Waals surface area contributed by atoms with Gasteiger partial charge in [-0.3, -0.25) is 4.79 Å². The first-order chi connectivity index (χ1) is 12.3. The van der Waals surface area contributed by atoms with E-state index in [0.717, 1.165) is 47.2 Å². The van der Waals surface area contributed by atoms with Gasteiger partial charge in [-0.15, -0.1) is 0 Å². The number of benzene rings is 2. The number of fused-ring (bicyclic) bond motifs is 1. The quantitative estimate of drug-likeness (QED) is 0.789. The van der Waals surface area contributed by atoms with E-state index >= 15 is 0 Å². The lowest BCUT2D eigenvalue weighted by Gasteiger charge is -2.12. The van der Waals surface area contributed by atoms with Gasteiger partial charge in [0, 0.05) is 31.1 Å². The van der Waals surface area contributed by atoms with Gasteiger partial charge < -0.3 is 14.6 Å². The van der Waals surface area contributed by atoms with E-state index in [9.17, 15) is 4.79 Å². The van der Waals surface area contributed by atoms with Crippen LogP contribution in [0.4, 0.5) is 0 Å². The van der Waals surface area contributed by atoms with Gasteiger partial charge in [-0.1, -0.05) is 48.5 Å². The molecule has 0 saturated carbocycles. The van der Waals surface area contributed by atoms with Gasteiger partial charge in [0.25, 0.3) is 5.91 Å². The fraction of sp³-hybridized carbons (Fsp3) is 0.286. The van der Waals surface area contributed by atoms with Crippen molar-refractivity contribution in [3.05, 3.63) is 60.2 Å². The van der Waals surface area contributed by atoms with Gasteiger partial charge in [0.05, 0.1) is 17.4 Å². The van der Waals surface area contributed by atoms with Crippen LogP contribution in [0.25, 0.3) is 22.2 Å². The molecule has 4 rings (SSSR count). The third-order valence-electron chi connectivity index (χ3n) is 4.90. The van der Waals surface area contributed by atoms with Gasteiger partial charge in [-0.05, 0) is 24.5 Å². The first-order valence-electron chi connectivity index (χ1n) is 8.78. The summed E-state index contributed by atoms with van der Waals surface area (Å²) >= 11 is 0. The molecule has 1 atom stereocenters. The van der Waals surface area contributed by atoms with E-state index in [-0.39, 0.29) is 12.0 Å². The number of hydrogen-bond acceptors (Lipinski definition) is 2. The van der Waals surface area contributed by atoms with Crippen LogP contribution in [-0.4, -0.2) is 29.7 Å². The van der Waals surface area contributed by atoms with Gasteiger partial charge in [0.15, 0.2) is 0 Å². The summed E-state index contributed by atoms with van der Waals surface area (Å²) in [7, 11) is 2.02. The summed E-state index contributed by atoms with van der Waals surface area (Å²) in [6.45, 7) is 1.36. The van der Waals surface area contributed by atoms with Crippen molar-refractivity contribution < 1.29 is 9.53 Å². The molecule has 25 heavy (non-hydrogen) atoms. The number of nitrogens with zero attached hydrogens (tertiary/aromatic N) is 1. The van der Waals surface area contributed by atoms with Crippen LogP contribution in [0.1, 0.15) is 23.2 Å². The summed E-state index contributed by atoms with van der Waals surface area (Å²) in [6, 6.07) is 18.1. The molecule has 1 aromatic heterocycles. The molecule has 3 aromatic rings. The second-order valence-electron chi connectivity index (χ2n) is 6.51. The highest BCUT2D eigenvalue weighted by atomic mass is 16.5. The first kappa shape index (κ1) is 15.9. The fourth-order valence-electron chi connectivity index (χ4n) is 3.66. The van der Waals surface area contributed by atoms with Crippen molar-refractivity contribution in [2.45, 2.75) is 18.9 Å². The number of carbonyl (C=O) groups is 1. The molecular formula is C21H22N2O2. The summed E-state index contributed by atoms with van der Waals surface area (Å²) < 4.78 is 7.73. The fourth-order valence-corrected chi connectivity index (χ4v) is 3.66. The molecule has 1 N–H and O–H groups in total. The highest BCUT2D eigenvalue weighted by molar-refractivity contribution is 6.12. The van der Waals surface area contributed by atoms with Gasteiger partial charge in [-0.2, -0.15) is 0 Å². The number of amides is 1. The lowest BCUT2D eigenvalue weighted by Crippen LogP contribution is -2.32. The van der Waals surface area contributed by atoms with Crippen LogP contribution in [-0.2, 0) is 11.8 Å². The van der Waals surface area contributed by atoms with Crippen molar-refractivity contribution in [2.75, 3.05) is 13.2 Å². The summed E-state index contributed by atoms with van der Waals surface area (Å²) in [6.07, 6.45) is 2.23. The number of nitrogens with one attached hydrogen (secondary N) is 1. The molecule has 4 heteroatoms. The summed E-state index contributed by atoms with van der Waals surface area (Å²) in [5.74, 6) is -0.0360. The van der Waals surface area contributed by atoms with Crippen LogP contribution in [0.5, 0.6) is 0 Å². The third-order valence-corrected chi connectivity index (χ3v) is 4.90. The Morgan fingerprint density at radius 3 is 2.68 bits per heavy atom. The van der Waals surface area contributed by atoms with Crippen LogP contribution in [0.3, 0.4) is 0 Å². The second kappa shape index (κ2) is 6.73. The molecule has 0 aliphatic carbocycles. The van der Waals surface area contributed by atoms with E-state index in [1.807, 2.05) is 55.6 Å². The molecule has 0 bridgehead atoms. The number of aryl methyl sites for hydroxylation is 1. The van der Waals surface area contributed by atoms with E-state index in [4.69, 9.17) is 4.74 Å². The highest BCUT2D eigenvalue weighted by Gasteiger charge is 2.23. The van der Waals surface area contributed by atoms with Crippen LogP contribution >= 0.6 is 0 Å². The maximum Gasteiger partial charge on any atom is 0.254 e. The Morgan fingerprint density at radius 2 is 1.92 bits per heavy atom. The molecule has 1 aliphatic heterocycles. The highest BCUT2D eigenvalue weighted by Crippen LogP contribution is 2.32. The Bertz CT molecular complexity index is 893. The standard InChI is InChI=1S/C21H22N2O2/c1-23-18-12-6-5-11-17(18)19(20(23)15-8-3-2-4-9-15)21(24)22-14-16-10-7-13-25-16/h2-6,8-9,11-12,16H,7,10,13-14H2,1H3,(H,22,24)/t16-/m0/s1. The molecule has 0 radical (unpaired) electrons. The van der Waals surface area contributed by atoms with Gasteiger partial charge >= 0.3 is 0 Å². The molecule has 1 saturated heterocycles. The summed E-state index contributed by atoms with van der Waals surface area (Å²) in [5, 5.41) is 4.06. The van der Waals surface area contributed by atoms with Crippen molar-refractivity contribution >= 4 is 16.8 Å². The number of aromatic nitrogens is 1.